The van der Waals surface area contributed by atoms with Gasteiger partial charge in [-0.15, -0.1) is 0 Å². The van der Waals surface area contributed by atoms with Crippen molar-refractivity contribution < 1.29 is 18.3 Å². The lowest BCUT2D eigenvalue weighted by atomic mass is 9.78. The van der Waals surface area contributed by atoms with E-state index in [-0.39, 0.29) is 5.75 Å². The van der Waals surface area contributed by atoms with Crippen LogP contribution >= 0.6 is 0 Å². The number of halogens is 2. The first-order valence-corrected chi connectivity index (χ1v) is 8.16. The molecule has 3 unspecified atom stereocenters. The van der Waals surface area contributed by atoms with Crippen molar-refractivity contribution in [3.8, 4) is 11.5 Å². The first-order chi connectivity index (χ1) is 11.1. The van der Waals surface area contributed by atoms with Crippen molar-refractivity contribution in [2.45, 2.75) is 38.5 Å². The third kappa shape index (κ3) is 3.75. The summed E-state index contributed by atoms with van der Waals surface area (Å²) in [5.74, 6) is 1.66. The van der Waals surface area contributed by atoms with Crippen LogP contribution in [-0.2, 0) is 6.54 Å². The molecule has 23 heavy (non-hydrogen) atoms. The number of ether oxygens (including phenoxy) is 2. The van der Waals surface area contributed by atoms with E-state index in [1.807, 2.05) is 6.07 Å². The van der Waals surface area contributed by atoms with E-state index in [0.29, 0.717) is 23.6 Å². The van der Waals surface area contributed by atoms with Gasteiger partial charge in [0.05, 0.1) is 7.11 Å². The van der Waals surface area contributed by atoms with Crippen molar-refractivity contribution in [2.24, 2.45) is 17.6 Å². The molecule has 0 amide bonds. The molecule has 4 nitrogen and oxygen atoms in total. The molecular weight excluding hydrogens is 302 g/mol. The Kier molecular flexibility index (Phi) is 5.02. The van der Waals surface area contributed by atoms with Crippen LogP contribution in [0.15, 0.2) is 18.2 Å². The molecule has 3 atom stereocenters. The third-order valence-electron chi connectivity index (χ3n) is 5.08. The van der Waals surface area contributed by atoms with Crippen molar-refractivity contribution in [1.29, 1.82) is 0 Å². The van der Waals surface area contributed by atoms with E-state index in [2.05, 4.69) is 9.64 Å². The number of nitrogens with zero attached hydrogens (tertiary/aromatic N) is 1. The van der Waals surface area contributed by atoms with E-state index >= 15 is 0 Å². The van der Waals surface area contributed by atoms with Gasteiger partial charge in [0.15, 0.2) is 11.5 Å². The molecule has 1 saturated carbocycles. The number of likely N-dealkylation sites (tertiary alicyclic amines) is 1. The lowest BCUT2D eigenvalue weighted by molar-refractivity contribution is -0.0512. The molecule has 0 aromatic heterocycles. The zero-order valence-corrected chi connectivity index (χ0v) is 13.4. The monoisotopic (exact) mass is 326 g/mol. The molecule has 1 aliphatic carbocycles. The van der Waals surface area contributed by atoms with Gasteiger partial charge in [-0.2, -0.15) is 8.78 Å². The maximum absolute atomic E-state index is 12.5. The van der Waals surface area contributed by atoms with Gasteiger partial charge < -0.3 is 15.2 Å². The standard InChI is InChI=1S/C17H24F2N2O2/c1-22-15-6-5-11(7-16(15)23-17(18)19)8-21-9-12-3-2-4-14(20)13(12)10-21/h5-7,12-14,17H,2-4,8-10,20H2,1H3. The van der Waals surface area contributed by atoms with Crippen LogP contribution in [0.2, 0.25) is 0 Å². The Labute approximate surface area is 135 Å². The summed E-state index contributed by atoms with van der Waals surface area (Å²) in [7, 11) is 1.44. The van der Waals surface area contributed by atoms with Gasteiger partial charge in [0.25, 0.3) is 0 Å². The first-order valence-electron chi connectivity index (χ1n) is 8.16. The molecule has 2 N–H and O–H groups in total. The SMILES string of the molecule is COc1ccc(CN2CC3CCCC(N)C3C2)cc1OC(F)F. The second-order valence-corrected chi connectivity index (χ2v) is 6.58. The lowest BCUT2D eigenvalue weighted by Crippen LogP contribution is -2.38. The molecule has 1 aromatic carbocycles. The number of rotatable bonds is 5. The summed E-state index contributed by atoms with van der Waals surface area (Å²) >= 11 is 0. The van der Waals surface area contributed by atoms with Gasteiger partial charge in [-0.25, -0.2) is 0 Å². The largest absolute Gasteiger partial charge is 0.493 e. The predicted molar refractivity (Wildman–Crippen MR) is 83.7 cm³/mol. The fourth-order valence-corrected chi connectivity index (χ4v) is 4.00. The van der Waals surface area contributed by atoms with Crippen molar-refractivity contribution in [3.05, 3.63) is 23.8 Å². The maximum atomic E-state index is 12.5. The summed E-state index contributed by atoms with van der Waals surface area (Å²) in [4.78, 5) is 2.37. The maximum Gasteiger partial charge on any atom is 0.387 e. The Morgan fingerprint density at radius 2 is 2.09 bits per heavy atom. The van der Waals surface area contributed by atoms with Gasteiger partial charge in [-0.05, 0) is 42.4 Å². The molecule has 1 heterocycles. The minimum absolute atomic E-state index is 0.0910. The average molecular weight is 326 g/mol. The minimum Gasteiger partial charge on any atom is -0.493 e. The summed E-state index contributed by atoms with van der Waals surface area (Å²) in [6.07, 6.45) is 3.58. The first kappa shape index (κ1) is 16.5. The van der Waals surface area contributed by atoms with Gasteiger partial charge in [0.2, 0.25) is 0 Å². The molecular formula is C17H24F2N2O2. The highest BCUT2D eigenvalue weighted by atomic mass is 19.3. The van der Waals surface area contributed by atoms with E-state index in [1.165, 1.54) is 20.0 Å². The van der Waals surface area contributed by atoms with E-state index in [0.717, 1.165) is 31.6 Å². The molecule has 1 aromatic rings. The Balaban J connectivity index is 1.68. The summed E-state index contributed by atoms with van der Waals surface area (Å²) in [5, 5.41) is 0. The quantitative estimate of drug-likeness (QED) is 0.904. The summed E-state index contributed by atoms with van der Waals surface area (Å²) in [5.41, 5.74) is 7.20. The van der Waals surface area contributed by atoms with Crippen LogP contribution in [0.25, 0.3) is 0 Å². The zero-order chi connectivity index (χ0) is 16.4. The Hall–Kier alpha value is -1.40. The number of benzene rings is 1. The average Bonchev–Trinajstić information content (AvgIpc) is 2.91. The summed E-state index contributed by atoms with van der Waals surface area (Å²) in [6, 6.07) is 5.53. The van der Waals surface area contributed by atoms with Crippen LogP contribution in [0.3, 0.4) is 0 Å². The predicted octanol–water partition coefficient (Wildman–Crippen LogP) is 2.86. The fraction of sp³-hybridized carbons (Fsp3) is 0.647. The van der Waals surface area contributed by atoms with Crippen LogP contribution in [0.4, 0.5) is 8.78 Å². The highest BCUT2D eigenvalue weighted by molar-refractivity contribution is 5.43. The molecule has 1 saturated heterocycles. The highest BCUT2D eigenvalue weighted by Gasteiger charge is 2.38. The second-order valence-electron chi connectivity index (χ2n) is 6.58. The van der Waals surface area contributed by atoms with E-state index in [1.54, 1.807) is 12.1 Å². The topological polar surface area (TPSA) is 47.7 Å². The van der Waals surface area contributed by atoms with Gasteiger partial charge >= 0.3 is 6.61 Å². The second kappa shape index (κ2) is 7.01. The zero-order valence-electron chi connectivity index (χ0n) is 13.4. The number of fused-ring (bicyclic) bond motifs is 1. The normalized spacial score (nSPS) is 28.0. The van der Waals surface area contributed by atoms with E-state index in [4.69, 9.17) is 10.5 Å². The lowest BCUT2D eigenvalue weighted by Gasteiger charge is -2.29. The molecule has 0 bridgehead atoms. The van der Waals surface area contributed by atoms with E-state index in [9.17, 15) is 8.78 Å². The smallest absolute Gasteiger partial charge is 0.387 e. The Bertz CT molecular complexity index is 541. The van der Waals surface area contributed by atoms with Crippen LogP contribution < -0.4 is 15.2 Å². The van der Waals surface area contributed by atoms with Crippen molar-refractivity contribution in [2.75, 3.05) is 20.2 Å². The van der Waals surface area contributed by atoms with Crippen molar-refractivity contribution in [3.63, 3.8) is 0 Å². The Morgan fingerprint density at radius 1 is 1.26 bits per heavy atom. The number of hydrogen-bond donors (Lipinski definition) is 1. The molecule has 6 heteroatoms. The molecule has 0 spiro atoms. The number of hydrogen-bond acceptors (Lipinski definition) is 4. The van der Waals surface area contributed by atoms with Crippen LogP contribution in [0.5, 0.6) is 11.5 Å². The molecule has 0 radical (unpaired) electrons. The highest BCUT2D eigenvalue weighted by Crippen LogP contribution is 2.37. The van der Waals surface area contributed by atoms with E-state index < -0.39 is 6.61 Å². The van der Waals surface area contributed by atoms with Gasteiger partial charge in [0, 0.05) is 25.7 Å². The summed E-state index contributed by atoms with van der Waals surface area (Å²) in [6.45, 7) is -0.103. The number of methoxy groups -OCH3 is 1. The van der Waals surface area contributed by atoms with Gasteiger partial charge in [-0.3, -0.25) is 4.90 Å². The minimum atomic E-state index is -2.85. The molecule has 3 rings (SSSR count). The van der Waals surface area contributed by atoms with Crippen LogP contribution in [-0.4, -0.2) is 37.8 Å². The third-order valence-corrected chi connectivity index (χ3v) is 5.08. The van der Waals surface area contributed by atoms with Gasteiger partial charge in [0.1, 0.15) is 0 Å². The molecule has 128 valence electrons. The van der Waals surface area contributed by atoms with Crippen molar-refractivity contribution in [1.82, 2.24) is 4.90 Å². The number of alkyl halides is 2. The van der Waals surface area contributed by atoms with Crippen LogP contribution in [0.1, 0.15) is 24.8 Å². The number of nitrogens with two attached hydrogens (primary N) is 1. The molecule has 2 fully saturated rings. The fourth-order valence-electron chi connectivity index (χ4n) is 4.00. The van der Waals surface area contributed by atoms with Crippen molar-refractivity contribution >= 4 is 0 Å². The summed E-state index contributed by atoms with van der Waals surface area (Å²) < 4.78 is 34.7. The molecule has 2 aliphatic rings. The van der Waals surface area contributed by atoms with Crippen LogP contribution in [0, 0.1) is 11.8 Å². The Morgan fingerprint density at radius 3 is 2.78 bits per heavy atom. The molecule has 1 aliphatic heterocycles. The van der Waals surface area contributed by atoms with Gasteiger partial charge in [-0.1, -0.05) is 12.5 Å².